The molecule has 24 heavy (non-hydrogen) atoms. The third-order valence-corrected chi connectivity index (χ3v) is 3.10. The van der Waals surface area contributed by atoms with Crippen molar-refractivity contribution < 1.29 is 18.0 Å². The van der Waals surface area contributed by atoms with E-state index in [2.05, 4.69) is 20.5 Å². The molecule has 3 rings (SSSR count). The van der Waals surface area contributed by atoms with E-state index >= 15 is 0 Å². The maximum atomic E-state index is 12.4. The van der Waals surface area contributed by atoms with Gasteiger partial charge in [-0.1, -0.05) is 12.1 Å². The summed E-state index contributed by atoms with van der Waals surface area (Å²) in [5, 5.41) is 11.3. The first kappa shape index (κ1) is 15.7. The minimum atomic E-state index is -4.65. The highest BCUT2D eigenvalue weighted by Crippen LogP contribution is 2.26. The highest BCUT2D eigenvalue weighted by atomic mass is 19.4. The van der Waals surface area contributed by atoms with Gasteiger partial charge in [-0.25, -0.2) is 0 Å². The number of carbonyl (C=O) groups excluding carboxylic acids is 1. The fraction of sp³-hybridized carbons (Fsp3) is 0.143. The molecule has 2 N–H and O–H groups in total. The van der Waals surface area contributed by atoms with Crippen LogP contribution in [0.15, 0.2) is 42.7 Å². The summed E-state index contributed by atoms with van der Waals surface area (Å²) in [6.07, 6.45) is -1.18. The zero-order chi connectivity index (χ0) is 17.2. The zero-order valence-electron chi connectivity index (χ0n) is 12.1. The van der Waals surface area contributed by atoms with Gasteiger partial charge in [-0.3, -0.25) is 19.9 Å². The summed E-state index contributed by atoms with van der Waals surface area (Å²) in [4.78, 5) is 15.2. The summed E-state index contributed by atoms with van der Waals surface area (Å²) < 4.78 is 38.9. The van der Waals surface area contributed by atoms with Crippen LogP contribution in [0.1, 0.15) is 21.7 Å². The van der Waals surface area contributed by atoms with Crippen LogP contribution in [-0.4, -0.2) is 30.9 Å². The molecular formula is C14H11F3N6O. The smallest absolute Gasteiger partial charge is 0.289 e. The van der Waals surface area contributed by atoms with Crippen LogP contribution in [0, 0.1) is 0 Å². The Balaban J connectivity index is 1.65. The molecule has 0 spiro atoms. The maximum absolute atomic E-state index is 12.4. The molecule has 10 heteroatoms. The van der Waals surface area contributed by atoms with Crippen LogP contribution in [-0.2, 0) is 12.7 Å². The van der Waals surface area contributed by atoms with Crippen molar-refractivity contribution in [2.75, 3.05) is 5.32 Å². The summed E-state index contributed by atoms with van der Waals surface area (Å²) in [6, 6.07) is 8.39. The maximum Gasteiger partial charge on any atom is 0.451 e. The Morgan fingerprint density at radius 1 is 1.25 bits per heavy atom. The van der Waals surface area contributed by atoms with Gasteiger partial charge < -0.3 is 0 Å². The Bertz CT molecular complexity index is 823. The van der Waals surface area contributed by atoms with Gasteiger partial charge in [-0.2, -0.15) is 23.3 Å². The van der Waals surface area contributed by atoms with Crippen LogP contribution < -0.4 is 5.32 Å². The van der Waals surface area contributed by atoms with Crippen LogP contribution in [0.3, 0.4) is 0 Å². The number of alkyl halides is 3. The van der Waals surface area contributed by atoms with Gasteiger partial charge in [-0.05, 0) is 23.8 Å². The molecule has 124 valence electrons. The summed E-state index contributed by atoms with van der Waals surface area (Å²) in [5.74, 6) is -2.31. The molecule has 0 saturated carbocycles. The summed E-state index contributed by atoms with van der Waals surface area (Å²) in [5.41, 5.74) is 1.20. The number of carbonyl (C=O) groups is 1. The van der Waals surface area contributed by atoms with Gasteiger partial charge in [0.2, 0.25) is 11.8 Å². The molecule has 0 aliphatic heterocycles. The van der Waals surface area contributed by atoms with Gasteiger partial charge in [0.1, 0.15) is 0 Å². The standard InChI is InChI=1S/C14H11F3N6O/c15-14(16,17)12-20-13(22-21-12)19-11(24)10-4-2-9(3-5-10)8-23-7-1-6-18-23/h1-7H,8H2,(H2,19,20,21,22,24). The Hall–Kier alpha value is -3.17. The normalized spacial score (nSPS) is 11.5. The number of nitrogens with one attached hydrogen (secondary N) is 2. The van der Waals surface area contributed by atoms with E-state index in [0.717, 1.165) is 5.56 Å². The Morgan fingerprint density at radius 3 is 2.58 bits per heavy atom. The van der Waals surface area contributed by atoms with Gasteiger partial charge in [0, 0.05) is 18.0 Å². The number of nitrogens with zero attached hydrogens (tertiary/aromatic N) is 4. The molecule has 0 aliphatic carbocycles. The van der Waals surface area contributed by atoms with E-state index in [1.54, 1.807) is 46.3 Å². The first-order valence-corrected chi connectivity index (χ1v) is 6.79. The lowest BCUT2D eigenvalue weighted by atomic mass is 10.1. The number of amides is 1. The molecule has 0 unspecified atom stereocenters. The van der Waals surface area contributed by atoms with Crippen LogP contribution in [0.4, 0.5) is 19.1 Å². The van der Waals surface area contributed by atoms with Crippen molar-refractivity contribution >= 4 is 11.9 Å². The molecule has 0 radical (unpaired) electrons. The second-order valence-corrected chi connectivity index (χ2v) is 4.86. The monoisotopic (exact) mass is 336 g/mol. The highest BCUT2D eigenvalue weighted by Gasteiger charge is 2.35. The van der Waals surface area contributed by atoms with Crippen LogP contribution in [0.25, 0.3) is 0 Å². The van der Waals surface area contributed by atoms with Crippen molar-refractivity contribution in [2.45, 2.75) is 12.7 Å². The van der Waals surface area contributed by atoms with Crippen molar-refractivity contribution in [1.29, 1.82) is 0 Å². The number of aromatic amines is 1. The summed E-state index contributed by atoms with van der Waals surface area (Å²) in [7, 11) is 0. The fourth-order valence-corrected chi connectivity index (χ4v) is 1.96. The zero-order valence-corrected chi connectivity index (χ0v) is 12.1. The highest BCUT2D eigenvalue weighted by molar-refractivity contribution is 6.03. The number of benzene rings is 1. The van der Waals surface area contributed by atoms with E-state index < -0.39 is 23.9 Å². The molecule has 7 nitrogen and oxygen atoms in total. The second-order valence-electron chi connectivity index (χ2n) is 4.86. The van der Waals surface area contributed by atoms with E-state index in [0.29, 0.717) is 6.54 Å². The number of halogens is 3. The molecule has 0 atom stereocenters. The lowest BCUT2D eigenvalue weighted by molar-refractivity contribution is -0.144. The van der Waals surface area contributed by atoms with Crippen molar-refractivity contribution in [3.8, 4) is 0 Å². The van der Waals surface area contributed by atoms with Crippen molar-refractivity contribution in [3.05, 3.63) is 59.7 Å². The summed E-state index contributed by atoms with van der Waals surface area (Å²) in [6.45, 7) is 0.546. The third-order valence-electron chi connectivity index (χ3n) is 3.10. The molecule has 0 saturated heterocycles. The molecular weight excluding hydrogens is 325 g/mol. The Kier molecular flexibility index (Phi) is 4.02. The van der Waals surface area contributed by atoms with E-state index in [9.17, 15) is 18.0 Å². The molecule has 2 heterocycles. The van der Waals surface area contributed by atoms with E-state index in [-0.39, 0.29) is 5.56 Å². The quantitative estimate of drug-likeness (QED) is 0.765. The predicted molar refractivity (Wildman–Crippen MR) is 77.1 cm³/mol. The number of anilines is 1. The minimum absolute atomic E-state index is 0.276. The number of aromatic nitrogens is 5. The molecule has 0 fully saturated rings. The van der Waals surface area contributed by atoms with Crippen LogP contribution >= 0.6 is 0 Å². The van der Waals surface area contributed by atoms with E-state index in [4.69, 9.17) is 0 Å². The first-order valence-electron chi connectivity index (χ1n) is 6.79. The molecule has 1 amide bonds. The van der Waals surface area contributed by atoms with Gasteiger partial charge in [0.15, 0.2) is 0 Å². The SMILES string of the molecule is O=C(Nc1n[nH]c(C(F)(F)F)n1)c1ccc(Cn2cccn2)cc1. The molecule has 0 bridgehead atoms. The summed E-state index contributed by atoms with van der Waals surface area (Å²) >= 11 is 0. The molecule has 2 aromatic heterocycles. The van der Waals surface area contributed by atoms with Gasteiger partial charge in [0.25, 0.3) is 5.91 Å². The average Bonchev–Trinajstić information content (AvgIpc) is 3.19. The van der Waals surface area contributed by atoms with Gasteiger partial charge in [0.05, 0.1) is 6.54 Å². The number of hydrogen-bond acceptors (Lipinski definition) is 4. The Labute approximate surface area is 133 Å². The lowest BCUT2D eigenvalue weighted by Crippen LogP contribution is -2.13. The van der Waals surface area contributed by atoms with Gasteiger partial charge >= 0.3 is 6.18 Å². The van der Waals surface area contributed by atoms with Crippen LogP contribution in [0.2, 0.25) is 0 Å². The number of H-pyrrole nitrogens is 1. The lowest BCUT2D eigenvalue weighted by Gasteiger charge is -2.04. The first-order chi connectivity index (χ1) is 11.4. The van der Waals surface area contributed by atoms with Crippen molar-refractivity contribution in [3.63, 3.8) is 0 Å². The van der Waals surface area contributed by atoms with Gasteiger partial charge in [-0.15, -0.1) is 5.10 Å². The van der Waals surface area contributed by atoms with Crippen LogP contribution in [0.5, 0.6) is 0 Å². The minimum Gasteiger partial charge on any atom is -0.289 e. The van der Waals surface area contributed by atoms with E-state index in [1.165, 1.54) is 0 Å². The topological polar surface area (TPSA) is 88.5 Å². The average molecular weight is 336 g/mol. The molecule has 0 aliphatic rings. The van der Waals surface area contributed by atoms with Crippen molar-refractivity contribution in [1.82, 2.24) is 25.0 Å². The van der Waals surface area contributed by atoms with Crippen molar-refractivity contribution in [2.24, 2.45) is 0 Å². The number of rotatable bonds is 4. The van der Waals surface area contributed by atoms with E-state index in [1.807, 2.05) is 6.20 Å². The number of hydrogen-bond donors (Lipinski definition) is 2. The largest absolute Gasteiger partial charge is 0.451 e. The second kappa shape index (κ2) is 6.14. The Morgan fingerprint density at radius 2 is 2.00 bits per heavy atom. The fourth-order valence-electron chi connectivity index (χ4n) is 1.96. The predicted octanol–water partition coefficient (Wildman–Crippen LogP) is 2.32. The molecule has 1 aromatic carbocycles. The third kappa shape index (κ3) is 3.59. The molecule has 3 aromatic rings.